The zero-order chi connectivity index (χ0) is 23.7. The normalized spacial score (nSPS) is 11.1. The number of pyridine rings is 1. The number of halogens is 1. The molecule has 0 aliphatic rings. The highest BCUT2D eigenvalue weighted by Gasteiger charge is 2.17. The number of thioether (sulfide) groups is 1. The minimum atomic E-state index is -0.261. The monoisotopic (exact) mass is 486 g/mol. The number of ketones is 1. The lowest BCUT2D eigenvalue weighted by molar-refractivity contribution is -0.113. The van der Waals surface area contributed by atoms with Crippen molar-refractivity contribution in [3.63, 3.8) is 0 Å². The Morgan fingerprint density at radius 3 is 2.56 bits per heavy atom. The van der Waals surface area contributed by atoms with Crippen molar-refractivity contribution in [2.45, 2.75) is 12.1 Å². The predicted octanol–water partition coefficient (Wildman–Crippen LogP) is 5.81. The molecule has 34 heavy (non-hydrogen) atoms. The van der Waals surface area contributed by atoms with Crippen LogP contribution in [0, 0.1) is 6.92 Å². The number of para-hydroxylation sites is 1. The van der Waals surface area contributed by atoms with Crippen LogP contribution in [0.5, 0.6) is 0 Å². The fourth-order valence-corrected chi connectivity index (χ4v) is 4.77. The quantitative estimate of drug-likeness (QED) is 0.242. The van der Waals surface area contributed by atoms with E-state index in [0.717, 1.165) is 22.1 Å². The Bertz CT molecular complexity index is 1550. The number of hydrogen-bond acceptors (Lipinski definition) is 5. The first kappa shape index (κ1) is 22.1. The number of aromatic nitrogens is 3. The standard InChI is InChI=1S/C26H19ClN4O2S/c1-16-13-23-29-30-26(31(23)22-10-6-5-9-19(16)22)34-15-24(32)28-21-12-11-18(27)14-20(21)25(33)17-7-3-2-4-8-17/h2-14H,15H2,1H3,(H,28,32). The van der Waals surface area contributed by atoms with E-state index >= 15 is 0 Å². The Hall–Kier alpha value is -3.68. The topological polar surface area (TPSA) is 76.4 Å². The predicted molar refractivity (Wildman–Crippen MR) is 136 cm³/mol. The third-order valence-corrected chi connectivity index (χ3v) is 6.61. The molecule has 0 saturated heterocycles. The van der Waals surface area contributed by atoms with E-state index in [9.17, 15) is 9.59 Å². The van der Waals surface area contributed by atoms with Gasteiger partial charge in [0, 0.05) is 21.5 Å². The molecule has 0 radical (unpaired) electrons. The van der Waals surface area contributed by atoms with Gasteiger partial charge in [-0.1, -0.05) is 71.9 Å². The smallest absolute Gasteiger partial charge is 0.234 e. The van der Waals surface area contributed by atoms with Gasteiger partial charge in [-0.3, -0.25) is 14.0 Å². The summed E-state index contributed by atoms with van der Waals surface area (Å²) in [5, 5.41) is 13.6. The summed E-state index contributed by atoms with van der Waals surface area (Å²) in [6.45, 7) is 2.04. The molecule has 0 unspecified atom stereocenters. The zero-order valence-corrected chi connectivity index (χ0v) is 19.7. The highest BCUT2D eigenvalue weighted by Crippen LogP contribution is 2.27. The Labute approximate surface area is 205 Å². The van der Waals surface area contributed by atoms with Gasteiger partial charge in [-0.15, -0.1) is 10.2 Å². The van der Waals surface area contributed by atoms with Crippen molar-refractivity contribution < 1.29 is 9.59 Å². The van der Waals surface area contributed by atoms with Crippen LogP contribution in [0.25, 0.3) is 16.6 Å². The van der Waals surface area contributed by atoms with Crippen LogP contribution in [-0.4, -0.2) is 32.0 Å². The van der Waals surface area contributed by atoms with Gasteiger partial charge < -0.3 is 5.32 Å². The van der Waals surface area contributed by atoms with E-state index in [1.807, 2.05) is 41.7 Å². The van der Waals surface area contributed by atoms with Crippen molar-refractivity contribution in [1.82, 2.24) is 14.6 Å². The molecule has 3 aromatic carbocycles. The second kappa shape index (κ2) is 9.29. The van der Waals surface area contributed by atoms with Gasteiger partial charge in [0.15, 0.2) is 16.6 Å². The molecule has 0 aliphatic carbocycles. The molecule has 0 fully saturated rings. The third kappa shape index (κ3) is 4.27. The molecule has 0 atom stereocenters. The molecular weight excluding hydrogens is 468 g/mol. The lowest BCUT2D eigenvalue weighted by atomic mass is 10.0. The number of rotatable bonds is 6. The number of fused-ring (bicyclic) bond motifs is 3. The Morgan fingerprint density at radius 1 is 0.971 bits per heavy atom. The van der Waals surface area contributed by atoms with Crippen LogP contribution in [0.4, 0.5) is 5.69 Å². The molecule has 1 N–H and O–H groups in total. The summed E-state index contributed by atoms with van der Waals surface area (Å²) in [5.74, 6) is -0.371. The van der Waals surface area contributed by atoms with Crippen molar-refractivity contribution in [3.8, 4) is 0 Å². The van der Waals surface area contributed by atoms with E-state index in [1.54, 1.807) is 42.5 Å². The van der Waals surface area contributed by atoms with Crippen LogP contribution < -0.4 is 5.32 Å². The van der Waals surface area contributed by atoms with Gasteiger partial charge in [0.05, 0.1) is 17.0 Å². The number of benzene rings is 3. The molecule has 6 nitrogen and oxygen atoms in total. The van der Waals surface area contributed by atoms with Crippen molar-refractivity contribution in [3.05, 3.63) is 101 Å². The van der Waals surface area contributed by atoms with Crippen molar-refractivity contribution in [2.75, 3.05) is 11.1 Å². The summed E-state index contributed by atoms with van der Waals surface area (Å²) < 4.78 is 1.95. The van der Waals surface area contributed by atoms with Gasteiger partial charge in [-0.25, -0.2) is 0 Å². The average Bonchev–Trinajstić information content (AvgIpc) is 3.27. The largest absolute Gasteiger partial charge is 0.325 e. The Balaban J connectivity index is 1.38. The first-order valence-electron chi connectivity index (χ1n) is 10.6. The van der Waals surface area contributed by atoms with Gasteiger partial charge in [0.2, 0.25) is 5.91 Å². The van der Waals surface area contributed by atoms with Gasteiger partial charge >= 0.3 is 0 Å². The molecule has 0 spiro atoms. The van der Waals surface area contributed by atoms with E-state index in [4.69, 9.17) is 11.6 Å². The average molecular weight is 487 g/mol. The lowest BCUT2D eigenvalue weighted by Crippen LogP contribution is -2.17. The van der Waals surface area contributed by atoms with Crippen LogP contribution in [0.15, 0.2) is 84.0 Å². The zero-order valence-electron chi connectivity index (χ0n) is 18.2. The van der Waals surface area contributed by atoms with Crippen LogP contribution in [-0.2, 0) is 4.79 Å². The minimum absolute atomic E-state index is 0.102. The fraction of sp³-hybridized carbons (Fsp3) is 0.0769. The number of aryl methyl sites for hydroxylation is 1. The molecule has 0 aliphatic heterocycles. The van der Waals surface area contributed by atoms with Gasteiger partial charge in [-0.2, -0.15) is 0 Å². The second-order valence-electron chi connectivity index (χ2n) is 7.74. The maximum atomic E-state index is 13.0. The SMILES string of the molecule is Cc1cc2nnc(SCC(=O)Nc3ccc(Cl)cc3C(=O)c3ccccc3)n2c2ccccc12. The molecule has 2 heterocycles. The highest BCUT2D eigenvalue weighted by molar-refractivity contribution is 7.99. The number of hydrogen-bond donors (Lipinski definition) is 1. The highest BCUT2D eigenvalue weighted by atomic mass is 35.5. The van der Waals surface area contributed by atoms with E-state index < -0.39 is 0 Å². The van der Waals surface area contributed by atoms with E-state index in [-0.39, 0.29) is 17.4 Å². The molecular formula is C26H19ClN4O2S. The first-order chi connectivity index (χ1) is 16.5. The molecule has 1 amide bonds. The number of carbonyl (C=O) groups excluding carboxylic acids is 2. The number of nitrogens with one attached hydrogen (secondary N) is 1. The molecule has 2 aromatic heterocycles. The van der Waals surface area contributed by atoms with E-state index in [2.05, 4.69) is 21.6 Å². The van der Waals surface area contributed by atoms with E-state index in [1.165, 1.54) is 11.8 Å². The summed E-state index contributed by atoms with van der Waals surface area (Å²) in [7, 11) is 0. The Kier molecular flexibility index (Phi) is 6.04. The van der Waals surface area contributed by atoms with Crippen molar-refractivity contribution >= 4 is 57.3 Å². The maximum Gasteiger partial charge on any atom is 0.234 e. The van der Waals surface area contributed by atoms with Gasteiger partial charge in [-0.05, 0) is 42.8 Å². The third-order valence-electron chi connectivity index (χ3n) is 5.44. The maximum absolute atomic E-state index is 13.0. The molecule has 168 valence electrons. The lowest BCUT2D eigenvalue weighted by Gasteiger charge is -2.11. The summed E-state index contributed by atoms with van der Waals surface area (Å²) in [6.07, 6.45) is 0. The Morgan fingerprint density at radius 2 is 1.74 bits per heavy atom. The fourth-order valence-electron chi connectivity index (χ4n) is 3.84. The number of nitrogens with zero attached hydrogens (tertiary/aromatic N) is 3. The summed E-state index contributed by atoms with van der Waals surface area (Å²) in [4.78, 5) is 25.8. The molecule has 0 bridgehead atoms. The van der Waals surface area contributed by atoms with Crippen molar-refractivity contribution in [2.24, 2.45) is 0 Å². The van der Waals surface area contributed by atoms with Crippen LogP contribution in [0.3, 0.4) is 0 Å². The molecule has 8 heteroatoms. The number of amides is 1. The van der Waals surface area contributed by atoms with Gasteiger partial charge in [0.1, 0.15) is 0 Å². The molecule has 0 saturated carbocycles. The first-order valence-corrected chi connectivity index (χ1v) is 11.9. The van der Waals surface area contributed by atoms with E-state index in [0.29, 0.717) is 27.0 Å². The molecule has 5 aromatic rings. The van der Waals surface area contributed by atoms with Gasteiger partial charge in [0.25, 0.3) is 0 Å². The van der Waals surface area contributed by atoms with Crippen LogP contribution in [0.2, 0.25) is 5.02 Å². The minimum Gasteiger partial charge on any atom is -0.325 e. The second-order valence-corrected chi connectivity index (χ2v) is 9.12. The van der Waals surface area contributed by atoms with Crippen molar-refractivity contribution in [1.29, 1.82) is 0 Å². The van der Waals surface area contributed by atoms with Crippen LogP contribution >= 0.6 is 23.4 Å². The summed E-state index contributed by atoms with van der Waals surface area (Å²) in [5.41, 5.74) is 4.10. The number of carbonyl (C=O) groups is 2. The van der Waals surface area contributed by atoms with Crippen LogP contribution in [0.1, 0.15) is 21.5 Å². The number of anilines is 1. The summed E-state index contributed by atoms with van der Waals surface area (Å²) in [6, 6.07) is 23.7. The molecule has 5 rings (SSSR count). The summed E-state index contributed by atoms with van der Waals surface area (Å²) >= 11 is 7.43.